The van der Waals surface area contributed by atoms with E-state index in [0.29, 0.717) is 31.6 Å². The van der Waals surface area contributed by atoms with E-state index in [9.17, 15) is 14.7 Å². The number of aryl methyl sites for hydroxylation is 1. The summed E-state index contributed by atoms with van der Waals surface area (Å²) in [6, 6.07) is 14.2. The fraction of sp³-hybridized carbons (Fsp3) is 0.360. The van der Waals surface area contributed by atoms with Crippen molar-refractivity contribution >= 4 is 34.5 Å². The average Bonchev–Trinajstić information content (AvgIpc) is 3.03. The number of fused-ring (bicyclic) bond motifs is 1. The van der Waals surface area contributed by atoms with Gasteiger partial charge in [0.2, 0.25) is 0 Å². The highest BCUT2D eigenvalue weighted by molar-refractivity contribution is 7.99. The quantitative estimate of drug-likeness (QED) is 0.271. The number of aromatic nitrogens is 1. The molecule has 1 atom stereocenters. The van der Waals surface area contributed by atoms with E-state index in [1.807, 2.05) is 38.1 Å². The summed E-state index contributed by atoms with van der Waals surface area (Å²) < 4.78 is 7.11. The van der Waals surface area contributed by atoms with Gasteiger partial charge >= 0.3 is 5.97 Å². The molecule has 0 saturated carbocycles. The molecular weight excluding hydrogens is 424 g/mol. The number of ether oxygens (including phenoxy) is 1. The lowest BCUT2D eigenvalue weighted by Gasteiger charge is -2.12. The van der Waals surface area contributed by atoms with Gasteiger partial charge in [-0.25, -0.2) is 0 Å². The van der Waals surface area contributed by atoms with Gasteiger partial charge in [0.1, 0.15) is 0 Å². The zero-order valence-corrected chi connectivity index (χ0v) is 19.6. The smallest absolute Gasteiger partial charge is 0.305 e. The molecule has 0 radical (unpaired) electrons. The molecule has 7 heteroatoms. The van der Waals surface area contributed by atoms with Gasteiger partial charge in [0.15, 0.2) is 6.10 Å². The first kappa shape index (κ1) is 23.9. The number of aliphatic hydroxyl groups excluding tert-OH is 1. The van der Waals surface area contributed by atoms with Gasteiger partial charge in [-0.3, -0.25) is 9.59 Å². The van der Waals surface area contributed by atoms with Crippen molar-refractivity contribution in [1.82, 2.24) is 4.57 Å². The van der Waals surface area contributed by atoms with E-state index in [1.165, 1.54) is 0 Å². The second kappa shape index (κ2) is 10.7. The average molecular weight is 455 g/mol. The van der Waals surface area contributed by atoms with Crippen LogP contribution in [0.5, 0.6) is 0 Å². The second-order valence-electron chi connectivity index (χ2n) is 7.77. The summed E-state index contributed by atoms with van der Waals surface area (Å²) in [4.78, 5) is 24.4. The Morgan fingerprint density at radius 1 is 1.19 bits per heavy atom. The van der Waals surface area contributed by atoms with Crippen LogP contribution in [-0.4, -0.2) is 33.9 Å². The predicted octanol–water partition coefficient (Wildman–Crippen LogP) is 4.26. The van der Waals surface area contributed by atoms with Crippen molar-refractivity contribution in [2.45, 2.75) is 51.2 Å². The Morgan fingerprint density at radius 2 is 1.91 bits per heavy atom. The number of thioether (sulfide) groups is 1. The molecule has 0 fully saturated rings. The largest absolute Gasteiger partial charge is 0.466 e. The van der Waals surface area contributed by atoms with E-state index in [2.05, 4.69) is 22.8 Å². The monoisotopic (exact) mass is 454 g/mol. The van der Waals surface area contributed by atoms with Crippen LogP contribution in [0, 0.1) is 13.8 Å². The highest BCUT2D eigenvalue weighted by Crippen LogP contribution is 2.36. The van der Waals surface area contributed by atoms with Crippen LogP contribution in [-0.2, 0) is 20.9 Å². The molecule has 3 aromatic rings. The fourth-order valence-corrected chi connectivity index (χ4v) is 4.98. The highest BCUT2D eigenvalue weighted by Gasteiger charge is 2.25. The van der Waals surface area contributed by atoms with Crippen LogP contribution in [0.15, 0.2) is 47.4 Å². The van der Waals surface area contributed by atoms with E-state index < -0.39 is 12.0 Å². The maximum absolute atomic E-state index is 11.9. The Labute approximate surface area is 192 Å². The number of amides is 1. The molecule has 1 amide bonds. The third-order valence-electron chi connectivity index (χ3n) is 5.45. The number of hydrogen-bond acceptors (Lipinski definition) is 5. The molecular formula is C25H30N2O4S. The minimum Gasteiger partial charge on any atom is -0.466 e. The van der Waals surface area contributed by atoms with Gasteiger partial charge in [-0.1, -0.05) is 30.3 Å². The van der Waals surface area contributed by atoms with Crippen LogP contribution in [0.3, 0.4) is 0 Å². The molecule has 0 aliphatic carbocycles. The summed E-state index contributed by atoms with van der Waals surface area (Å²) in [7, 11) is 0. The summed E-state index contributed by atoms with van der Waals surface area (Å²) in [5.41, 5.74) is 10.0. The Morgan fingerprint density at radius 3 is 2.56 bits per heavy atom. The second-order valence-corrected chi connectivity index (χ2v) is 8.94. The van der Waals surface area contributed by atoms with Gasteiger partial charge in [0.25, 0.3) is 5.91 Å². The molecule has 0 bridgehead atoms. The summed E-state index contributed by atoms with van der Waals surface area (Å²) in [6.07, 6.45) is -0.274. The van der Waals surface area contributed by atoms with Crippen molar-refractivity contribution in [2.24, 2.45) is 5.73 Å². The Bertz CT molecular complexity index is 1110. The van der Waals surface area contributed by atoms with E-state index in [-0.39, 0.29) is 5.97 Å². The van der Waals surface area contributed by atoms with Crippen molar-refractivity contribution in [3.8, 4) is 0 Å². The number of nitrogens with two attached hydrogens (primary N) is 1. The highest BCUT2D eigenvalue weighted by atomic mass is 32.2. The number of carbonyl (C=O) groups excluding carboxylic acids is 2. The van der Waals surface area contributed by atoms with Crippen LogP contribution in [0.25, 0.3) is 10.9 Å². The zero-order chi connectivity index (χ0) is 23.3. The Balaban J connectivity index is 1.96. The van der Waals surface area contributed by atoms with Gasteiger partial charge in [-0.05, 0) is 56.2 Å². The number of rotatable bonds is 10. The third kappa shape index (κ3) is 5.34. The standard InChI is InChI=1S/C25H30N2O4S/c1-4-31-21(28)11-8-12-32-19-13-16(2)23-20(14-19)22(24(29)25(26)30)17(3)27(23)15-18-9-6-5-7-10-18/h5-7,9-10,13-14,24,29H,4,8,11-12,15H2,1-3H3,(H2,26,30). The molecule has 170 valence electrons. The lowest BCUT2D eigenvalue weighted by Crippen LogP contribution is -2.21. The van der Waals surface area contributed by atoms with Crippen molar-refractivity contribution in [3.05, 3.63) is 64.8 Å². The molecule has 1 aromatic heterocycles. The maximum Gasteiger partial charge on any atom is 0.305 e. The van der Waals surface area contributed by atoms with Crippen LogP contribution in [0.2, 0.25) is 0 Å². The van der Waals surface area contributed by atoms with E-state index in [0.717, 1.165) is 38.4 Å². The van der Waals surface area contributed by atoms with Gasteiger partial charge < -0.3 is 20.1 Å². The Hall–Kier alpha value is -2.77. The molecule has 0 aliphatic heterocycles. The number of aliphatic hydroxyl groups is 1. The lowest BCUT2D eigenvalue weighted by atomic mass is 10.0. The van der Waals surface area contributed by atoms with Gasteiger partial charge in [-0.15, -0.1) is 11.8 Å². The molecule has 0 spiro atoms. The van der Waals surface area contributed by atoms with E-state index >= 15 is 0 Å². The zero-order valence-electron chi connectivity index (χ0n) is 18.8. The predicted molar refractivity (Wildman–Crippen MR) is 128 cm³/mol. The number of hydrogen-bond donors (Lipinski definition) is 2. The minimum atomic E-state index is -1.38. The fourth-order valence-electron chi connectivity index (χ4n) is 3.99. The van der Waals surface area contributed by atoms with E-state index in [1.54, 1.807) is 18.7 Å². The molecule has 0 aliphatic rings. The maximum atomic E-state index is 11.9. The molecule has 3 rings (SSSR count). The number of nitrogens with zero attached hydrogens (tertiary/aromatic N) is 1. The SMILES string of the molecule is CCOC(=O)CCCSc1cc(C)c2c(c1)c(C(O)C(N)=O)c(C)n2Cc1ccccc1. The molecule has 3 N–H and O–H groups in total. The van der Waals surface area contributed by atoms with Crippen molar-refractivity contribution in [2.75, 3.05) is 12.4 Å². The molecule has 1 heterocycles. The normalized spacial score (nSPS) is 12.1. The van der Waals surface area contributed by atoms with Gasteiger partial charge in [0, 0.05) is 34.5 Å². The molecule has 32 heavy (non-hydrogen) atoms. The van der Waals surface area contributed by atoms with Gasteiger partial charge in [0.05, 0.1) is 12.1 Å². The van der Waals surface area contributed by atoms with Crippen molar-refractivity contribution < 1.29 is 19.4 Å². The number of carbonyl (C=O) groups is 2. The Kier molecular flexibility index (Phi) is 7.99. The third-order valence-corrected chi connectivity index (χ3v) is 6.52. The van der Waals surface area contributed by atoms with Crippen LogP contribution < -0.4 is 5.73 Å². The summed E-state index contributed by atoms with van der Waals surface area (Å²) in [6.45, 7) is 6.77. The molecule has 1 unspecified atom stereocenters. The first-order chi connectivity index (χ1) is 15.3. The van der Waals surface area contributed by atoms with E-state index in [4.69, 9.17) is 10.5 Å². The summed E-state index contributed by atoms with van der Waals surface area (Å²) >= 11 is 1.64. The van der Waals surface area contributed by atoms with Crippen molar-refractivity contribution in [1.29, 1.82) is 0 Å². The first-order valence-corrected chi connectivity index (χ1v) is 11.7. The molecule has 2 aromatic carbocycles. The summed E-state index contributed by atoms with van der Waals surface area (Å²) in [5.74, 6) is -0.182. The van der Waals surface area contributed by atoms with Gasteiger partial charge in [-0.2, -0.15) is 0 Å². The summed E-state index contributed by atoms with van der Waals surface area (Å²) in [5, 5.41) is 11.4. The van der Waals surface area contributed by atoms with Crippen LogP contribution in [0.4, 0.5) is 0 Å². The number of esters is 1. The number of benzene rings is 2. The topological polar surface area (TPSA) is 94.6 Å². The molecule has 6 nitrogen and oxygen atoms in total. The number of primary amides is 1. The molecule has 0 saturated heterocycles. The van der Waals surface area contributed by atoms with Crippen molar-refractivity contribution in [3.63, 3.8) is 0 Å². The van der Waals surface area contributed by atoms with Crippen LogP contribution in [0.1, 0.15) is 48.3 Å². The first-order valence-electron chi connectivity index (χ1n) is 10.8. The lowest BCUT2D eigenvalue weighted by molar-refractivity contribution is -0.143. The van der Waals surface area contributed by atoms with Crippen LogP contribution >= 0.6 is 11.8 Å². The minimum absolute atomic E-state index is 0.180.